The summed E-state index contributed by atoms with van der Waals surface area (Å²) in [5.74, 6) is -0.516. The van der Waals surface area contributed by atoms with Gasteiger partial charge in [-0.05, 0) is 70.1 Å². The third-order valence-electron chi connectivity index (χ3n) is 7.90. The Kier molecular flexibility index (Phi) is 10.4. The summed E-state index contributed by atoms with van der Waals surface area (Å²) in [7, 11) is -3.79. The number of urea groups is 1. The van der Waals surface area contributed by atoms with Crippen molar-refractivity contribution in [3.63, 3.8) is 0 Å². The van der Waals surface area contributed by atoms with E-state index in [4.69, 9.17) is 0 Å². The molecule has 1 heterocycles. The summed E-state index contributed by atoms with van der Waals surface area (Å²) in [4.78, 5) is 11.9. The maximum absolute atomic E-state index is 14.0. The van der Waals surface area contributed by atoms with E-state index in [-0.39, 0.29) is 42.1 Å². The second kappa shape index (κ2) is 12.9. The summed E-state index contributed by atoms with van der Waals surface area (Å²) in [6.45, 7) is 5.69. The predicted molar refractivity (Wildman–Crippen MR) is 144 cm³/mol. The zero-order valence-corrected chi connectivity index (χ0v) is 23.4. The van der Waals surface area contributed by atoms with Gasteiger partial charge in [0.25, 0.3) is 0 Å². The van der Waals surface area contributed by atoms with Crippen LogP contribution in [-0.2, 0) is 9.84 Å². The lowest BCUT2D eigenvalue weighted by atomic mass is 9.78. The Hall–Kier alpha value is -2.02. The summed E-state index contributed by atoms with van der Waals surface area (Å²) in [6, 6.07) is -0.637. The van der Waals surface area contributed by atoms with Crippen molar-refractivity contribution in [3.8, 4) is 0 Å². The first-order chi connectivity index (χ1) is 18.0. The second-order valence-corrected chi connectivity index (χ2v) is 13.1. The van der Waals surface area contributed by atoms with Gasteiger partial charge in [0.2, 0.25) is 0 Å². The topological polar surface area (TPSA) is 132 Å². The van der Waals surface area contributed by atoms with Crippen LogP contribution in [0, 0.1) is 5.41 Å². The van der Waals surface area contributed by atoms with E-state index in [1.807, 2.05) is 13.0 Å². The number of nitrogens with one attached hydrogen (secondary N) is 5. The smallest absolute Gasteiger partial charge is 0.314 e. The maximum atomic E-state index is 14.0. The number of carbonyl (C=O) groups excluding carboxylic acids is 1. The lowest BCUT2D eigenvalue weighted by molar-refractivity contribution is 0.135. The molecule has 1 saturated carbocycles. The standard InChI is InChI=1S/C26H43F2N5O4S/c1-4-25(3,9-6-13-29-24(35)30-14-12-27)23-32-21(16-22(33-23)31-18(2)17-34)26(10-11-26)38(36,37)20-8-5-7-19(28)15-20/h7,15-16,18,22-23,31-34H,4-6,8-14,17H2,1-3H3,(H2,29,30,35)/t18-,22-,23?,25+/m0/s1. The molecule has 0 aromatic carbocycles. The minimum atomic E-state index is -3.79. The van der Waals surface area contributed by atoms with Gasteiger partial charge in [0.05, 0.1) is 18.9 Å². The highest BCUT2D eigenvalue weighted by molar-refractivity contribution is 7.97. The molecule has 0 bridgehead atoms. The lowest BCUT2D eigenvalue weighted by Gasteiger charge is -2.45. The highest BCUT2D eigenvalue weighted by atomic mass is 32.2. The first-order valence-corrected chi connectivity index (χ1v) is 15.0. The molecule has 1 unspecified atom stereocenters. The molecule has 3 aliphatic rings. The van der Waals surface area contributed by atoms with Crippen molar-refractivity contribution in [3.05, 3.63) is 34.7 Å². The molecule has 6 N–H and O–H groups in total. The van der Waals surface area contributed by atoms with Gasteiger partial charge in [0, 0.05) is 35.1 Å². The van der Waals surface area contributed by atoms with Crippen LogP contribution in [0.1, 0.15) is 65.7 Å². The van der Waals surface area contributed by atoms with Gasteiger partial charge in [-0.1, -0.05) is 13.8 Å². The van der Waals surface area contributed by atoms with Crippen LogP contribution >= 0.6 is 0 Å². The fraction of sp³-hybridized carbons (Fsp3) is 0.731. The summed E-state index contributed by atoms with van der Waals surface area (Å²) in [5.41, 5.74) is 0.278. The van der Waals surface area contributed by atoms with Crippen molar-refractivity contribution in [2.45, 2.75) is 88.8 Å². The molecule has 2 amide bonds. The van der Waals surface area contributed by atoms with Crippen molar-refractivity contribution in [2.24, 2.45) is 5.41 Å². The molecule has 38 heavy (non-hydrogen) atoms. The second-order valence-electron chi connectivity index (χ2n) is 10.8. The maximum Gasteiger partial charge on any atom is 0.314 e. The fourth-order valence-corrected chi connectivity index (χ4v) is 7.31. The van der Waals surface area contributed by atoms with Gasteiger partial charge < -0.3 is 21.1 Å². The van der Waals surface area contributed by atoms with Crippen molar-refractivity contribution in [2.75, 3.05) is 26.4 Å². The van der Waals surface area contributed by atoms with Gasteiger partial charge >= 0.3 is 6.03 Å². The SMILES string of the molecule is CC[C@](C)(CCCNC(=O)NCCF)C1NC(C2(S(=O)(=O)C3=CC(F)=CCC3)CC2)=C[C@@H](N[C@@H](C)CO)N1. The van der Waals surface area contributed by atoms with E-state index < -0.39 is 39.3 Å². The molecule has 0 aromatic heterocycles. The fourth-order valence-electron chi connectivity index (χ4n) is 5.09. The summed E-state index contributed by atoms with van der Waals surface area (Å²) >= 11 is 0. The molecular formula is C26H43F2N5O4S. The number of amides is 2. The summed E-state index contributed by atoms with van der Waals surface area (Å²) < 4.78 is 52.7. The van der Waals surface area contributed by atoms with E-state index in [2.05, 4.69) is 40.4 Å². The first kappa shape index (κ1) is 30.5. The molecule has 4 atom stereocenters. The Morgan fingerprint density at radius 1 is 1.32 bits per heavy atom. The van der Waals surface area contributed by atoms with Gasteiger partial charge in [-0.15, -0.1) is 0 Å². The van der Waals surface area contributed by atoms with Crippen LogP contribution < -0.4 is 26.6 Å². The summed E-state index contributed by atoms with van der Waals surface area (Å²) in [5, 5.41) is 25.1. The molecule has 9 nitrogen and oxygen atoms in total. The first-order valence-electron chi connectivity index (χ1n) is 13.5. The molecule has 1 aliphatic heterocycles. The number of sulfone groups is 1. The van der Waals surface area contributed by atoms with Crippen molar-refractivity contribution in [1.82, 2.24) is 26.6 Å². The average Bonchev–Trinajstić information content (AvgIpc) is 3.72. The van der Waals surface area contributed by atoms with Crippen molar-refractivity contribution in [1.29, 1.82) is 0 Å². The monoisotopic (exact) mass is 559 g/mol. The molecule has 0 aromatic rings. The molecule has 0 saturated heterocycles. The normalized spacial score (nSPS) is 25.2. The van der Waals surface area contributed by atoms with Crippen LogP contribution in [-0.4, -0.2) is 69.0 Å². The van der Waals surface area contributed by atoms with Gasteiger partial charge in [-0.2, -0.15) is 0 Å². The van der Waals surface area contributed by atoms with E-state index in [1.165, 1.54) is 6.08 Å². The Morgan fingerprint density at radius 3 is 2.63 bits per heavy atom. The number of carbonyl (C=O) groups is 1. The zero-order valence-electron chi connectivity index (χ0n) is 22.6. The van der Waals surface area contributed by atoms with Crippen LogP contribution in [0.15, 0.2) is 34.7 Å². The number of hydrogen-bond donors (Lipinski definition) is 6. The quantitative estimate of drug-likeness (QED) is 0.180. The van der Waals surface area contributed by atoms with Crippen molar-refractivity contribution < 1.29 is 27.1 Å². The van der Waals surface area contributed by atoms with E-state index >= 15 is 0 Å². The highest BCUT2D eigenvalue weighted by Crippen LogP contribution is 2.53. The number of halogens is 2. The number of hydrogen-bond acceptors (Lipinski definition) is 7. The Labute approximate surface area is 224 Å². The molecule has 2 aliphatic carbocycles. The highest BCUT2D eigenvalue weighted by Gasteiger charge is 2.60. The third-order valence-corrected chi connectivity index (χ3v) is 10.6. The van der Waals surface area contributed by atoms with E-state index in [0.29, 0.717) is 44.3 Å². The van der Waals surface area contributed by atoms with Crippen LogP contribution in [0.5, 0.6) is 0 Å². The summed E-state index contributed by atoms with van der Waals surface area (Å²) in [6.07, 6.45) is 7.39. The van der Waals surface area contributed by atoms with Crippen LogP contribution in [0.4, 0.5) is 13.6 Å². The van der Waals surface area contributed by atoms with Crippen molar-refractivity contribution >= 4 is 15.9 Å². The van der Waals surface area contributed by atoms with Gasteiger partial charge in [0.1, 0.15) is 17.2 Å². The Bertz CT molecular complexity index is 1040. The Balaban J connectivity index is 1.80. The molecule has 0 spiro atoms. The minimum Gasteiger partial charge on any atom is -0.395 e. The molecular weight excluding hydrogens is 516 g/mol. The molecule has 0 radical (unpaired) electrons. The number of aliphatic hydroxyl groups is 1. The zero-order chi connectivity index (χ0) is 28.0. The third kappa shape index (κ3) is 6.94. The Morgan fingerprint density at radius 2 is 2.03 bits per heavy atom. The molecule has 216 valence electrons. The number of aliphatic hydroxyl groups excluding tert-OH is 1. The average molecular weight is 560 g/mol. The van der Waals surface area contributed by atoms with Crippen LogP contribution in [0.2, 0.25) is 0 Å². The molecule has 12 heteroatoms. The van der Waals surface area contributed by atoms with Crippen LogP contribution in [0.3, 0.4) is 0 Å². The van der Waals surface area contributed by atoms with Crippen LogP contribution in [0.25, 0.3) is 0 Å². The van der Waals surface area contributed by atoms with Gasteiger partial charge in [-0.25, -0.2) is 22.0 Å². The van der Waals surface area contributed by atoms with Gasteiger partial charge in [-0.3, -0.25) is 10.6 Å². The van der Waals surface area contributed by atoms with E-state index in [1.54, 1.807) is 0 Å². The largest absolute Gasteiger partial charge is 0.395 e. The number of rotatable bonds is 14. The number of alkyl halides is 1. The van der Waals surface area contributed by atoms with E-state index in [9.17, 15) is 27.1 Å². The number of allylic oxidation sites excluding steroid dienone is 4. The molecule has 3 rings (SSSR count). The lowest BCUT2D eigenvalue weighted by Crippen LogP contribution is -2.64. The van der Waals surface area contributed by atoms with E-state index in [0.717, 1.165) is 12.5 Å². The minimum absolute atomic E-state index is 0.0331. The predicted octanol–water partition coefficient (Wildman–Crippen LogP) is 2.63. The molecule has 1 fully saturated rings. The van der Waals surface area contributed by atoms with Gasteiger partial charge in [0.15, 0.2) is 9.84 Å².